The SMILES string of the molecule is C=CCc1cc(C2C3=C(CCCC3=O)N(CC)C3=C2C(=O)CCC3)cc(OC)c1Oc1ccc(C(F)(F)F)cc1[N+](=O)[O-]. The van der Waals surface area contributed by atoms with Crippen LogP contribution in [0.25, 0.3) is 0 Å². The number of hydrogen-bond donors (Lipinski definition) is 0. The molecule has 1 aliphatic heterocycles. The first-order chi connectivity index (χ1) is 20.5. The molecule has 0 spiro atoms. The van der Waals surface area contributed by atoms with Gasteiger partial charge in [0.25, 0.3) is 0 Å². The standard InChI is InChI=1S/C32H31F3N2O6/c1-4-8-18-15-19(16-27(42-3)31(18)43-26-14-13-20(32(33,34)35)17-23(26)37(40)41)28-29-21(9-6-11-24(29)38)36(5-2)22-10-7-12-25(39)30(22)28/h4,13-17,28H,1,5-12H2,2-3H3. The molecule has 0 saturated heterocycles. The Bertz CT molecular complexity index is 1550. The molecule has 5 rings (SSSR count). The number of nitrogens with zero attached hydrogens (tertiary/aromatic N) is 2. The summed E-state index contributed by atoms with van der Waals surface area (Å²) in [4.78, 5) is 39.9. The molecule has 3 aliphatic rings. The Labute approximate surface area is 246 Å². The molecule has 0 atom stereocenters. The number of benzene rings is 2. The van der Waals surface area contributed by atoms with Crippen molar-refractivity contribution in [3.8, 4) is 17.2 Å². The van der Waals surface area contributed by atoms with Crippen molar-refractivity contribution >= 4 is 17.3 Å². The summed E-state index contributed by atoms with van der Waals surface area (Å²) in [5, 5.41) is 11.7. The minimum Gasteiger partial charge on any atom is -0.493 e. The number of nitro benzene ring substituents is 1. The maximum atomic E-state index is 13.5. The number of rotatable bonds is 8. The van der Waals surface area contributed by atoms with E-state index in [1.165, 1.54) is 7.11 Å². The third kappa shape index (κ3) is 5.44. The smallest absolute Gasteiger partial charge is 0.416 e. The number of alkyl halides is 3. The van der Waals surface area contributed by atoms with Gasteiger partial charge in [-0.3, -0.25) is 19.7 Å². The van der Waals surface area contributed by atoms with Crippen molar-refractivity contribution in [2.45, 2.75) is 64.0 Å². The van der Waals surface area contributed by atoms with Crippen LogP contribution in [-0.2, 0) is 22.2 Å². The molecule has 0 fully saturated rings. The van der Waals surface area contributed by atoms with Gasteiger partial charge in [-0.05, 0) is 62.8 Å². The molecule has 2 aliphatic carbocycles. The van der Waals surface area contributed by atoms with Gasteiger partial charge in [0.15, 0.2) is 23.1 Å². The predicted molar refractivity (Wildman–Crippen MR) is 152 cm³/mol. The second-order valence-electron chi connectivity index (χ2n) is 10.7. The zero-order valence-electron chi connectivity index (χ0n) is 23.9. The van der Waals surface area contributed by atoms with Gasteiger partial charge in [0, 0.05) is 59.5 Å². The van der Waals surface area contributed by atoms with Crippen LogP contribution in [0.15, 0.2) is 65.5 Å². The van der Waals surface area contributed by atoms with Gasteiger partial charge in [0.05, 0.1) is 17.6 Å². The molecule has 11 heteroatoms. The highest BCUT2D eigenvalue weighted by Gasteiger charge is 2.43. The fourth-order valence-corrected chi connectivity index (χ4v) is 6.39. The van der Waals surface area contributed by atoms with E-state index in [0.29, 0.717) is 66.6 Å². The zero-order chi connectivity index (χ0) is 31.1. The summed E-state index contributed by atoms with van der Waals surface area (Å²) in [7, 11) is 1.37. The summed E-state index contributed by atoms with van der Waals surface area (Å²) in [6, 6.07) is 5.45. The fourth-order valence-electron chi connectivity index (χ4n) is 6.39. The van der Waals surface area contributed by atoms with Crippen LogP contribution in [0.4, 0.5) is 18.9 Å². The molecule has 8 nitrogen and oxygen atoms in total. The Kier molecular flexibility index (Phi) is 8.18. The summed E-state index contributed by atoms with van der Waals surface area (Å²) < 4.78 is 51.4. The summed E-state index contributed by atoms with van der Waals surface area (Å²) in [6.07, 6.45) is 0.636. The van der Waals surface area contributed by atoms with E-state index in [-0.39, 0.29) is 29.5 Å². The first-order valence-electron chi connectivity index (χ1n) is 14.1. The third-order valence-corrected chi connectivity index (χ3v) is 8.17. The summed E-state index contributed by atoms with van der Waals surface area (Å²) >= 11 is 0. The van der Waals surface area contributed by atoms with Crippen LogP contribution in [0.3, 0.4) is 0 Å². The van der Waals surface area contributed by atoms with Gasteiger partial charge in [-0.25, -0.2) is 0 Å². The Morgan fingerprint density at radius 2 is 1.65 bits per heavy atom. The monoisotopic (exact) mass is 596 g/mol. The third-order valence-electron chi connectivity index (χ3n) is 8.17. The van der Waals surface area contributed by atoms with Crippen LogP contribution in [0.1, 0.15) is 68.1 Å². The van der Waals surface area contributed by atoms with E-state index in [9.17, 15) is 32.9 Å². The number of methoxy groups -OCH3 is 1. The van der Waals surface area contributed by atoms with Gasteiger partial charge >= 0.3 is 11.9 Å². The van der Waals surface area contributed by atoms with Crippen molar-refractivity contribution in [2.75, 3.05) is 13.7 Å². The molecular weight excluding hydrogens is 565 g/mol. The van der Waals surface area contributed by atoms with E-state index in [1.54, 1.807) is 18.2 Å². The van der Waals surface area contributed by atoms with Gasteiger partial charge in [0.2, 0.25) is 5.75 Å². The van der Waals surface area contributed by atoms with Crippen molar-refractivity contribution < 1.29 is 37.2 Å². The van der Waals surface area contributed by atoms with Crippen molar-refractivity contribution in [1.82, 2.24) is 4.90 Å². The first kappa shape index (κ1) is 30.1. The Morgan fingerprint density at radius 1 is 1.02 bits per heavy atom. The number of halogens is 3. The average molecular weight is 597 g/mol. The van der Waals surface area contributed by atoms with E-state index in [1.807, 2.05) is 6.92 Å². The summed E-state index contributed by atoms with van der Waals surface area (Å²) in [6.45, 7) is 6.44. The van der Waals surface area contributed by atoms with Crippen molar-refractivity contribution in [1.29, 1.82) is 0 Å². The highest BCUT2D eigenvalue weighted by molar-refractivity contribution is 6.06. The van der Waals surface area contributed by atoms with E-state index in [2.05, 4.69) is 11.5 Å². The maximum absolute atomic E-state index is 13.5. The van der Waals surface area contributed by atoms with Crippen LogP contribution in [-0.4, -0.2) is 35.0 Å². The molecule has 1 heterocycles. The number of carbonyl (C=O) groups is 2. The molecule has 43 heavy (non-hydrogen) atoms. The van der Waals surface area contributed by atoms with Gasteiger partial charge in [0.1, 0.15) is 0 Å². The topological polar surface area (TPSA) is 99.0 Å². The highest BCUT2D eigenvalue weighted by atomic mass is 19.4. The second kappa shape index (κ2) is 11.7. The number of nitro groups is 1. The van der Waals surface area contributed by atoms with E-state index in [0.717, 1.165) is 30.3 Å². The lowest BCUT2D eigenvalue weighted by Gasteiger charge is -2.43. The molecule has 0 aromatic heterocycles. The molecule has 2 aromatic rings. The first-order valence-corrected chi connectivity index (χ1v) is 14.1. The van der Waals surface area contributed by atoms with E-state index >= 15 is 0 Å². The molecule has 0 radical (unpaired) electrons. The summed E-state index contributed by atoms with van der Waals surface area (Å²) in [5.74, 6) is -0.837. The number of carbonyl (C=O) groups excluding carboxylic acids is 2. The molecule has 0 amide bonds. The largest absolute Gasteiger partial charge is 0.493 e. The number of allylic oxidation sites excluding steroid dienone is 5. The lowest BCUT2D eigenvalue weighted by molar-refractivity contribution is -0.385. The van der Waals surface area contributed by atoms with Crippen molar-refractivity contribution in [2.24, 2.45) is 0 Å². The molecule has 0 N–H and O–H groups in total. The fraction of sp³-hybridized carbons (Fsp3) is 0.375. The molecule has 0 saturated carbocycles. The number of hydrogen-bond acceptors (Lipinski definition) is 7. The lowest BCUT2D eigenvalue weighted by Crippen LogP contribution is -2.39. The van der Waals surface area contributed by atoms with Gasteiger partial charge < -0.3 is 14.4 Å². The highest BCUT2D eigenvalue weighted by Crippen LogP contribution is 2.51. The second-order valence-corrected chi connectivity index (χ2v) is 10.7. The minimum atomic E-state index is -4.78. The van der Waals surface area contributed by atoms with Gasteiger partial charge in [-0.1, -0.05) is 12.1 Å². The normalized spacial score (nSPS) is 17.6. The van der Waals surface area contributed by atoms with Crippen LogP contribution < -0.4 is 9.47 Å². The molecular formula is C32H31F3N2O6. The van der Waals surface area contributed by atoms with E-state index in [4.69, 9.17) is 9.47 Å². The summed E-state index contributed by atoms with van der Waals surface area (Å²) in [5.41, 5.74) is 2.13. The van der Waals surface area contributed by atoms with Crippen LogP contribution in [0.2, 0.25) is 0 Å². The van der Waals surface area contributed by atoms with Crippen LogP contribution in [0, 0.1) is 10.1 Å². The number of Topliss-reactive ketones (excluding diaryl/α,β-unsaturated/α-hetero) is 2. The predicted octanol–water partition coefficient (Wildman–Crippen LogP) is 7.58. The lowest BCUT2D eigenvalue weighted by atomic mass is 9.70. The Morgan fingerprint density at radius 3 is 2.16 bits per heavy atom. The number of ketones is 2. The van der Waals surface area contributed by atoms with Gasteiger partial charge in [-0.15, -0.1) is 6.58 Å². The number of ether oxygens (including phenoxy) is 2. The maximum Gasteiger partial charge on any atom is 0.416 e. The molecule has 0 unspecified atom stereocenters. The van der Waals surface area contributed by atoms with Gasteiger partial charge in [-0.2, -0.15) is 13.2 Å². The van der Waals surface area contributed by atoms with Crippen molar-refractivity contribution in [3.63, 3.8) is 0 Å². The molecule has 226 valence electrons. The molecule has 2 aromatic carbocycles. The minimum absolute atomic E-state index is 0.0143. The Hall–Kier alpha value is -4.41. The van der Waals surface area contributed by atoms with E-state index < -0.39 is 34.0 Å². The van der Waals surface area contributed by atoms with Crippen LogP contribution in [0.5, 0.6) is 17.2 Å². The van der Waals surface area contributed by atoms with Crippen molar-refractivity contribution in [3.05, 3.63) is 92.3 Å². The molecule has 0 bridgehead atoms. The average Bonchev–Trinajstić information content (AvgIpc) is 2.96. The quantitative estimate of drug-likeness (QED) is 0.176. The Balaban J connectivity index is 1.69. The zero-order valence-corrected chi connectivity index (χ0v) is 23.9. The van der Waals surface area contributed by atoms with Crippen LogP contribution >= 0.6 is 0 Å².